The van der Waals surface area contributed by atoms with Gasteiger partial charge in [0.15, 0.2) is 0 Å². The molecule has 2 aliphatic rings. The number of hydrogen-bond acceptors (Lipinski definition) is 0. The van der Waals surface area contributed by atoms with Crippen LogP contribution in [-0.2, 0) is 25.7 Å². The minimum atomic E-state index is 0.274. The van der Waals surface area contributed by atoms with Crippen molar-refractivity contribution in [1.29, 1.82) is 0 Å². The molecule has 3 aromatic rings. The van der Waals surface area contributed by atoms with Gasteiger partial charge in [-0.2, -0.15) is 0 Å². The standard InChI is InChI=1S/C44H50/c1-9-12-30(6)42-31(7)25-41-28-40(32(8)43(41)44(42)39-24-23-36(10-2)37(11-3)27-39)26-35-17-15-33(16-18-35)13-14-34-19-21-38(22-20-34)29(4)5/h15-27,43-44H,4,6,8-14,28H2,1-3,5,7H3/b40-26+. The van der Waals surface area contributed by atoms with Gasteiger partial charge >= 0.3 is 0 Å². The molecular formula is C44H50. The summed E-state index contributed by atoms with van der Waals surface area (Å²) in [5.74, 6) is 0.566. The lowest BCUT2D eigenvalue weighted by atomic mass is 9.68. The maximum Gasteiger partial charge on any atom is 0.0201 e. The van der Waals surface area contributed by atoms with Crippen molar-refractivity contribution in [1.82, 2.24) is 0 Å². The molecule has 0 nitrogen and oxygen atoms in total. The van der Waals surface area contributed by atoms with Crippen LogP contribution in [0.2, 0.25) is 0 Å². The molecule has 2 aliphatic carbocycles. The Bertz CT molecular complexity index is 1650. The van der Waals surface area contributed by atoms with Crippen LogP contribution in [0.15, 0.2) is 126 Å². The minimum absolute atomic E-state index is 0.274. The molecule has 0 aromatic heterocycles. The van der Waals surface area contributed by atoms with E-state index in [1.165, 1.54) is 72.4 Å². The summed E-state index contributed by atoms with van der Waals surface area (Å²) in [4.78, 5) is 0. The first kappa shape index (κ1) is 31.5. The van der Waals surface area contributed by atoms with Gasteiger partial charge in [-0.1, -0.05) is 143 Å². The summed E-state index contributed by atoms with van der Waals surface area (Å²) in [7, 11) is 0. The van der Waals surface area contributed by atoms with Crippen LogP contribution in [0.1, 0.15) is 98.7 Å². The number of fused-ring (bicyclic) bond motifs is 1. The van der Waals surface area contributed by atoms with Crippen LogP contribution in [0, 0.1) is 5.92 Å². The SMILES string of the molecule is C=C(CCC)C1=C(C)C=C2C/C(=C\c3ccc(CCc4ccc(C(=C)C)cc4)cc3)C(=C)C2C1c1ccc(CC)c(CC)c1. The molecule has 3 aromatic carbocycles. The van der Waals surface area contributed by atoms with Crippen LogP contribution in [0.5, 0.6) is 0 Å². The summed E-state index contributed by atoms with van der Waals surface area (Å²) >= 11 is 0. The van der Waals surface area contributed by atoms with Crippen molar-refractivity contribution in [2.75, 3.05) is 0 Å². The van der Waals surface area contributed by atoms with Crippen LogP contribution in [0.25, 0.3) is 11.6 Å². The number of benzene rings is 3. The Morgan fingerprint density at radius 2 is 1.45 bits per heavy atom. The second-order valence-corrected chi connectivity index (χ2v) is 13.0. The highest BCUT2D eigenvalue weighted by molar-refractivity contribution is 5.68. The number of hydrogen-bond donors (Lipinski definition) is 0. The topological polar surface area (TPSA) is 0 Å². The maximum absolute atomic E-state index is 4.76. The van der Waals surface area contributed by atoms with E-state index in [9.17, 15) is 0 Å². The molecule has 0 saturated heterocycles. The smallest absolute Gasteiger partial charge is 0.0201 e. The Hall–Kier alpha value is -3.90. The third-order valence-electron chi connectivity index (χ3n) is 9.81. The second-order valence-electron chi connectivity index (χ2n) is 13.0. The predicted molar refractivity (Wildman–Crippen MR) is 193 cm³/mol. The van der Waals surface area contributed by atoms with Gasteiger partial charge < -0.3 is 0 Å². The largest absolute Gasteiger partial charge is 0.0955 e. The van der Waals surface area contributed by atoms with E-state index in [1.807, 2.05) is 0 Å². The van der Waals surface area contributed by atoms with Gasteiger partial charge in [0.25, 0.3) is 0 Å². The van der Waals surface area contributed by atoms with E-state index in [1.54, 1.807) is 0 Å². The number of allylic oxidation sites excluding steroid dienone is 8. The molecule has 0 radical (unpaired) electrons. The fraction of sp³-hybridized carbons (Fsp3) is 0.318. The zero-order valence-electron chi connectivity index (χ0n) is 27.7. The van der Waals surface area contributed by atoms with E-state index in [4.69, 9.17) is 6.58 Å². The van der Waals surface area contributed by atoms with Crippen LogP contribution >= 0.6 is 0 Å². The van der Waals surface area contributed by atoms with Gasteiger partial charge in [0.2, 0.25) is 0 Å². The third kappa shape index (κ3) is 6.61. The Balaban J connectivity index is 1.39. The van der Waals surface area contributed by atoms with Crippen LogP contribution < -0.4 is 0 Å². The van der Waals surface area contributed by atoms with E-state index in [-0.39, 0.29) is 5.92 Å². The molecule has 44 heavy (non-hydrogen) atoms. The van der Waals surface area contributed by atoms with Gasteiger partial charge in [0, 0.05) is 11.8 Å². The van der Waals surface area contributed by atoms with Crippen molar-refractivity contribution >= 4 is 11.6 Å². The number of aryl methyl sites for hydroxylation is 4. The summed E-state index contributed by atoms with van der Waals surface area (Å²) in [5, 5.41) is 0. The molecule has 1 fully saturated rings. The predicted octanol–water partition coefficient (Wildman–Crippen LogP) is 12.0. The average molecular weight is 579 g/mol. The van der Waals surface area contributed by atoms with Crippen molar-refractivity contribution in [2.24, 2.45) is 5.92 Å². The van der Waals surface area contributed by atoms with E-state index >= 15 is 0 Å². The molecule has 5 rings (SSSR count). The fourth-order valence-corrected chi connectivity index (χ4v) is 7.37. The van der Waals surface area contributed by atoms with Crippen molar-refractivity contribution in [3.63, 3.8) is 0 Å². The molecule has 0 spiro atoms. The highest BCUT2D eigenvalue weighted by atomic mass is 14.4. The Kier molecular flexibility index (Phi) is 9.90. The van der Waals surface area contributed by atoms with E-state index < -0.39 is 0 Å². The lowest BCUT2D eigenvalue weighted by Crippen LogP contribution is -2.21. The highest BCUT2D eigenvalue weighted by Gasteiger charge is 2.41. The number of rotatable bonds is 11. The summed E-state index contributed by atoms with van der Waals surface area (Å²) < 4.78 is 0. The first-order valence-electron chi connectivity index (χ1n) is 16.7. The van der Waals surface area contributed by atoms with Gasteiger partial charge in [0.05, 0.1) is 0 Å². The first-order valence-corrected chi connectivity index (χ1v) is 16.7. The first-order chi connectivity index (χ1) is 21.2. The van der Waals surface area contributed by atoms with Crippen molar-refractivity contribution in [3.05, 3.63) is 165 Å². The fourth-order valence-electron chi connectivity index (χ4n) is 7.37. The van der Waals surface area contributed by atoms with E-state index in [0.717, 1.165) is 50.5 Å². The van der Waals surface area contributed by atoms with Crippen molar-refractivity contribution in [2.45, 2.75) is 85.5 Å². The zero-order valence-corrected chi connectivity index (χ0v) is 27.7. The van der Waals surface area contributed by atoms with Crippen molar-refractivity contribution < 1.29 is 0 Å². The Labute approximate surface area is 267 Å². The van der Waals surface area contributed by atoms with Crippen LogP contribution in [0.3, 0.4) is 0 Å². The molecule has 0 heteroatoms. The quantitative estimate of drug-likeness (QED) is 0.212. The molecule has 0 amide bonds. The molecule has 226 valence electrons. The summed E-state index contributed by atoms with van der Waals surface area (Å²) in [5.41, 5.74) is 18.9. The Morgan fingerprint density at radius 1 is 0.818 bits per heavy atom. The van der Waals surface area contributed by atoms with Gasteiger partial charge in [-0.3, -0.25) is 0 Å². The zero-order chi connectivity index (χ0) is 31.4. The third-order valence-corrected chi connectivity index (χ3v) is 9.81. The van der Waals surface area contributed by atoms with E-state index in [2.05, 4.69) is 127 Å². The lowest BCUT2D eigenvalue weighted by Gasteiger charge is -2.35. The monoisotopic (exact) mass is 578 g/mol. The molecule has 0 aliphatic heterocycles. The maximum atomic E-state index is 4.76. The average Bonchev–Trinajstić information content (AvgIpc) is 3.33. The molecular weight excluding hydrogens is 528 g/mol. The molecule has 0 heterocycles. The van der Waals surface area contributed by atoms with Gasteiger partial charge in [-0.15, -0.1) is 0 Å². The summed E-state index contributed by atoms with van der Waals surface area (Å²) in [6.07, 6.45) is 12.2. The summed E-state index contributed by atoms with van der Waals surface area (Å²) in [6, 6.07) is 25.2. The molecule has 2 unspecified atom stereocenters. The van der Waals surface area contributed by atoms with Crippen LogP contribution in [0.4, 0.5) is 0 Å². The minimum Gasteiger partial charge on any atom is -0.0955 e. The normalized spacial score (nSPS) is 18.9. The van der Waals surface area contributed by atoms with Gasteiger partial charge in [-0.05, 0) is 114 Å². The van der Waals surface area contributed by atoms with Crippen molar-refractivity contribution in [3.8, 4) is 0 Å². The lowest BCUT2D eigenvalue weighted by molar-refractivity contribution is 0.618. The molecule has 2 atom stereocenters. The van der Waals surface area contributed by atoms with Crippen LogP contribution in [-0.4, -0.2) is 0 Å². The van der Waals surface area contributed by atoms with Gasteiger partial charge in [0.1, 0.15) is 0 Å². The van der Waals surface area contributed by atoms with Gasteiger partial charge in [-0.25, -0.2) is 0 Å². The Morgan fingerprint density at radius 3 is 2.05 bits per heavy atom. The highest BCUT2D eigenvalue weighted by Crippen LogP contribution is 2.55. The molecule has 1 saturated carbocycles. The molecule has 0 bridgehead atoms. The van der Waals surface area contributed by atoms with E-state index in [0.29, 0.717) is 5.92 Å². The summed E-state index contributed by atoms with van der Waals surface area (Å²) in [6.45, 7) is 24.6. The molecule has 0 N–H and O–H groups in total. The second kappa shape index (κ2) is 13.8.